The van der Waals surface area contributed by atoms with Crippen molar-refractivity contribution < 1.29 is 4.39 Å². The summed E-state index contributed by atoms with van der Waals surface area (Å²) in [6.07, 6.45) is 1.78. The molecule has 2 aromatic rings. The van der Waals surface area contributed by atoms with E-state index >= 15 is 0 Å². The van der Waals surface area contributed by atoms with Crippen molar-refractivity contribution in [2.75, 3.05) is 5.32 Å². The summed E-state index contributed by atoms with van der Waals surface area (Å²) in [6.45, 7) is 3.11. The summed E-state index contributed by atoms with van der Waals surface area (Å²) in [7, 11) is 0. The SMILES string of the molecule is CCn1cc(NCc2ccc(F)cc2Br)ccc1=O. The highest BCUT2D eigenvalue weighted by Crippen LogP contribution is 2.19. The fraction of sp³-hybridized carbons (Fsp3) is 0.214. The first-order valence-corrected chi connectivity index (χ1v) is 6.77. The van der Waals surface area contributed by atoms with Crippen molar-refractivity contribution in [2.24, 2.45) is 0 Å². The summed E-state index contributed by atoms with van der Waals surface area (Å²) < 4.78 is 15.3. The van der Waals surface area contributed by atoms with Crippen molar-refractivity contribution in [2.45, 2.75) is 20.0 Å². The molecule has 0 aliphatic rings. The van der Waals surface area contributed by atoms with Crippen molar-refractivity contribution in [3.63, 3.8) is 0 Å². The quantitative estimate of drug-likeness (QED) is 0.935. The standard InChI is InChI=1S/C14H14BrFN2O/c1-2-18-9-12(5-6-14(18)19)17-8-10-3-4-11(16)7-13(10)15/h3-7,9,17H,2,8H2,1H3. The van der Waals surface area contributed by atoms with Crippen molar-refractivity contribution in [1.29, 1.82) is 0 Å². The molecule has 0 fully saturated rings. The van der Waals surface area contributed by atoms with E-state index in [0.29, 0.717) is 13.1 Å². The van der Waals surface area contributed by atoms with Crippen molar-refractivity contribution in [1.82, 2.24) is 4.57 Å². The van der Waals surface area contributed by atoms with Gasteiger partial charge < -0.3 is 9.88 Å². The Bertz CT molecular complexity index is 640. The van der Waals surface area contributed by atoms with Crippen molar-refractivity contribution in [3.8, 4) is 0 Å². The minimum absolute atomic E-state index is 0.0176. The van der Waals surface area contributed by atoms with E-state index in [1.807, 2.05) is 6.92 Å². The van der Waals surface area contributed by atoms with Gasteiger partial charge in [-0.05, 0) is 30.7 Å². The molecule has 0 aliphatic heterocycles. The third-order valence-corrected chi connectivity index (χ3v) is 3.56. The third-order valence-electron chi connectivity index (χ3n) is 2.82. The zero-order chi connectivity index (χ0) is 13.8. The van der Waals surface area contributed by atoms with E-state index in [-0.39, 0.29) is 11.4 Å². The van der Waals surface area contributed by atoms with Crippen LogP contribution in [-0.4, -0.2) is 4.57 Å². The van der Waals surface area contributed by atoms with Gasteiger partial charge in [0.1, 0.15) is 5.82 Å². The molecule has 0 bridgehead atoms. The third kappa shape index (κ3) is 3.44. The minimum atomic E-state index is -0.268. The van der Waals surface area contributed by atoms with Gasteiger partial charge in [-0.25, -0.2) is 4.39 Å². The summed E-state index contributed by atoms with van der Waals surface area (Å²) in [6, 6.07) is 7.86. The maximum Gasteiger partial charge on any atom is 0.250 e. The normalized spacial score (nSPS) is 10.5. The van der Waals surface area contributed by atoms with Crippen LogP contribution in [0.4, 0.5) is 10.1 Å². The van der Waals surface area contributed by atoms with Gasteiger partial charge in [0.25, 0.3) is 5.56 Å². The van der Waals surface area contributed by atoms with Gasteiger partial charge in [0.2, 0.25) is 0 Å². The molecule has 0 saturated carbocycles. The van der Waals surface area contributed by atoms with Crippen LogP contribution < -0.4 is 10.9 Å². The van der Waals surface area contributed by atoms with Crippen LogP contribution in [0.5, 0.6) is 0 Å². The topological polar surface area (TPSA) is 34.0 Å². The maximum absolute atomic E-state index is 13.0. The molecule has 1 N–H and O–H groups in total. The lowest BCUT2D eigenvalue weighted by molar-refractivity contribution is 0.626. The van der Waals surface area contributed by atoms with Gasteiger partial charge >= 0.3 is 0 Å². The predicted molar refractivity (Wildman–Crippen MR) is 77.8 cm³/mol. The second kappa shape index (κ2) is 6.02. The number of aryl methyl sites for hydroxylation is 1. The van der Waals surface area contributed by atoms with Gasteiger partial charge in [-0.15, -0.1) is 0 Å². The smallest absolute Gasteiger partial charge is 0.250 e. The molecule has 0 radical (unpaired) electrons. The van der Waals surface area contributed by atoms with Crippen LogP contribution in [0.1, 0.15) is 12.5 Å². The van der Waals surface area contributed by atoms with E-state index in [0.717, 1.165) is 15.7 Å². The molecule has 0 aliphatic carbocycles. The Morgan fingerprint density at radius 3 is 2.79 bits per heavy atom. The Kier molecular flexibility index (Phi) is 4.37. The number of hydrogen-bond donors (Lipinski definition) is 1. The lowest BCUT2D eigenvalue weighted by Crippen LogP contribution is -2.17. The largest absolute Gasteiger partial charge is 0.380 e. The van der Waals surface area contributed by atoms with Gasteiger partial charge in [-0.3, -0.25) is 4.79 Å². The average Bonchev–Trinajstić information content (AvgIpc) is 2.39. The summed E-state index contributed by atoms with van der Waals surface area (Å²) in [4.78, 5) is 11.5. The first kappa shape index (κ1) is 13.8. The van der Waals surface area contributed by atoms with Gasteiger partial charge in [-0.2, -0.15) is 0 Å². The molecule has 0 amide bonds. The lowest BCUT2D eigenvalue weighted by Gasteiger charge is -2.10. The number of aromatic nitrogens is 1. The molecule has 1 aromatic carbocycles. The molecule has 100 valence electrons. The second-order valence-corrected chi connectivity index (χ2v) is 4.99. The number of halogens is 2. The Labute approximate surface area is 119 Å². The lowest BCUT2D eigenvalue weighted by atomic mass is 10.2. The first-order chi connectivity index (χ1) is 9.10. The highest BCUT2D eigenvalue weighted by atomic mass is 79.9. The number of pyridine rings is 1. The molecule has 1 aromatic heterocycles. The van der Waals surface area contributed by atoms with E-state index in [9.17, 15) is 9.18 Å². The van der Waals surface area contributed by atoms with Crippen molar-refractivity contribution >= 4 is 21.6 Å². The average molecular weight is 325 g/mol. The highest BCUT2D eigenvalue weighted by Gasteiger charge is 2.02. The Morgan fingerprint density at radius 1 is 1.32 bits per heavy atom. The predicted octanol–water partition coefficient (Wildman–Crippen LogP) is 3.38. The zero-order valence-corrected chi connectivity index (χ0v) is 12.1. The fourth-order valence-corrected chi connectivity index (χ4v) is 2.24. The number of benzene rings is 1. The maximum atomic E-state index is 13.0. The molecule has 0 unspecified atom stereocenters. The van der Waals surface area contributed by atoms with Crippen LogP contribution >= 0.6 is 15.9 Å². The van der Waals surface area contributed by atoms with Gasteiger partial charge in [0.05, 0.1) is 5.69 Å². The van der Waals surface area contributed by atoms with Crippen LogP contribution in [0.15, 0.2) is 45.8 Å². The highest BCUT2D eigenvalue weighted by molar-refractivity contribution is 9.10. The van der Waals surface area contributed by atoms with E-state index < -0.39 is 0 Å². The monoisotopic (exact) mass is 324 g/mol. The van der Waals surface area contributed by atoms with E-state index in [1.165, 1.54) is 18.2 Å². The van der Waals surface area contributed by atoms with Gasteiger partial charge in [0.15, 0.2) is 0 Å². The van der Waals surface area contributed by atoms with Crippen LogP contribution in [0, 0.1) is 5.82 Å². The summed E-state index contributed by atoms with van der Waals surface area (Å²) in [5.41, 5.74) is 1.80. The number of nitrogens with zero attached hydrogens (tertiary/aromatic N) is 1. The molecule has 19 heavy (non-hydrogen) atoms. The van der Waals surface area contributed by atoms with Crippen molar-refractivity contribution in [3.05, 3.63) is 62.7 Å². The molecule has 5 heteroatoms. The minimum Gasteiger partial charge on any atom is -0.380 e. The van der Waals surface area contributed by atoms with Gasteiger partial charge in [-0.1, -0.05) is 22.0 Å². The first-order valence-electron chi connectivity index (χ1n) is 5.98. The number of rotatable bonds is 4. The number of nitrogens with one attached hydrogen (secondary N) is 1. The zero-order valence-electron chi connectivity index (χ0n) is 10.5. The molecule has 0 saturated heterocycles. The number of hydrogen-bond acceptors (Lipinski definition) is 2. The molecule has 3 nitrogen and oxygen atoms in total. The Morgan fingerprint density at radius 2 is 2.11 bits per heavy atom. The second-order valence-electron chi connectivity index (χ2n) is 4.13. The Balaban J connectivity index is 2.12. The van der Waals surface area contributed by atoms with Crippen LogP contribution in [-0.2, 0) is 13.1 Å². The van der Waals surface area contributed by atoms with Crippen LogP contribution in [0.3, 0.4) is 0 Å². The van der Waals surface area contributed by atoms with Crippen LogP contribution in [0.25, 0.3) is 0 Å². The summed E-state index contributed by atoms with van der Waals surface area (Å²) >= 11 is 3.33. The molecule has 1 heterocycles. The molecular weight excluding hydrogens is 311 g/mol. The van der Waals surface area contributed by atoms with Crippen LogP contribution in [0.2, 0.25) is 0 Å². The van der Waals surface area contributed by atoms with E-state index in [2.05, 4.69) is 21.2 Å². The fourth-order valence-electron chi connectivity index (χ4n) is 1.75. The number of anilines is 1. The summed E-state index contributed by atoms with van der Waals surface area (Å²) in [5, 5.41) is 3.21. The molecular formula is C14H14BrFN2O. The van der Waals surface area contributed by atoms with E-state index in [4.69, 9.17) is 0 Å². The summed E-state index contributed by atoms with van der Waals surface area (Å²) in [5.74, 6) is -0.268. The molecule has 2 rings (SSSR count). The molecule has 0 spiro atoms. The molecule has 0 atom stereocenters. The Hall–Kier alpha value is -1.62. The van der Waals surface area contributed by atoms with Gasteiger partial charge in [0, 0.05) is 29.8 Å². The van der Waals surface area contributed by atoms with E-state index in [1.54, 1.807) is 22.9 Å².